The molecule has 1 heterocycles. The Labute approximate surface area is 115 Å². The van der Waals surface area contributed by atoms with Crippen LogP contribution in [-0.4, -0.2) is 18.1 Å². The third kappa shape index (κ3) is 2.79. The maximum Gasteiger partial charge on any atom is 0.0705 e. The normalized spacial score (nSPS) is 21.8. The van der Waals surface area contributed by atoms with Crippen LogP contribution in [0.25, 0.3) is 10.9 Å². The highest BCUT2D eigenvalue weighted by atomic mass is 14.9. The van der Waals surface area contributed by atoms with E-state index in [-0.39, 0.29) is 0 Å². The van der Waals surface area contributed by atoms with Crippen LogP contribution in [0.1, 0.15) is 36.9 Å². The van der Waals surface area contributed by atoms with Gasteiger partial charge < -0.3 is 5.32 Å². The fraction of sp³-hybridized carbons (Fsp3) is 0.471. The van der Waals surface area contributed by atoms with E-state index in [9.17, 15) is 0 Å². The molecule has 2 heteroatoms. The summed E-state index contributed by atoms with van der Waals surface area (Å²) in [4.78, 5) is 4.56. The highest BCUT2D eigenvalue weighted by Crippen LogP contribution is 2.47. The Morgan fingerprint density at radius 3 is 3.00 bits per heavy atom. The average Bonchev–Trinajstić information content (AvgIpc) is 3.18. The second-order valence-electron chi connectivity index (χ2n) is 5.71. The number of aryl methyl sites for hydroxylation is 1. The van der Waals surface area contributed by atoms with Crippen LogP contribution in [0.4, 0.5) is 0 Å². The zero-order chi connectivity index (χ0) is 13.2. The van der Waals surface area contributed by atoms with E-state index < -0.39 is 0 Å². The minimum absolute atomic E-state index is 0.759. The van der Waals surface area contributed by atoms with Crippen molar-refractivity contribution in [2.24, 2.45) is 5.92 Å². The van der Waals surface area contributed by atoms with Crippen LogP contribution in [0.5, 0.6) is 0 Å². The summed E-state index contributed by atoms with van der Waals surface area (Å²) in [6, 6.07) is 11.0. The number of hydrogen-bond donors (Lipinski definition) is 1. The first-order valence-electron chi connectivity index (χ1n) is 7.36. The summed E-state index contributed by atoms with van der Waals surface area (Å²) in [5, 5.41) is 4.80. The summed E-state index contributed by atoms with van der Waals surface area (Å²) < 4.78 is 0. The van der Waals surface area contributed by atoms with Crippen LogP contribution in [0.3, 0.4) is 0 Å². The molecule has 1 fully saturated rings. The Balaban J connectivity index is 1.71. The first kappa shape index (κ1) is 12.6. The molecular formula is C17H22N2. The van der Waals surface area contributed by atoms with E-state index in [0.717, 1.165) is 29.6 Å². The highest BCUT2D eigenvalue weighted by molar-refractivity contribution is 5.79. The molecule has 0 bridgehead atoms. The first-order valence-corrected chi connectivity index (χ1v) is 7.36. The lowest BCUT2D eigenvalue weighted by molar-refractivity contribution is 0.620. The van der Waals surface area contributed by atoms with E-state index in [1.54, 1.807) is 0 Å². The van der Waals surface area contributed by atoms with Gasteiger partial charge in [0.1, 0.15) is 0 Å². The van der Waals surface area contributed by atoms with Crippen molar-refractivity contribution in [1.82, 2.24) is 10.3 Å². The van der Waals surface area contributed by atoms with Gasteiger partial charge in [0, 0.05) is 11.1 Å². The summed E-state index contributed by atoms with van der Waals surface area (Å²) in [5.74, 6) is 1.59. The molecule has 0 amide bonds. The monoisotopic (exact) mass is 254 g/mol. The molecule has 0 aliphatic heterocycles. The molecule has 1 aliphatic rings. The number of nitrogens with zero attached hydrogens (tertiary/aromatic N) is 1. The molecule has 1 aromatic carbocycles. The van der Waals surface area contributed by atoms with Gasteiger partial charge in [-0.3, -0.25) is 4.98 Å². The maximum atomic E-state index is 4.56. The van der Waals surface area contributed by atoms with E-state index in [0.29, 0.717) is 0 Å². The minimum atomic E-state index is 0.759. The molecule has 2 aromatic rings. The second-order valence-corrected chi connectivity index (χ2v) is 5.71. The van der Waals surface area contributed by atoms with Crippen molar-refractivity contribution in [3.63, 3.8) is 0 Å². The number of benzene rings is 1. The van der Waals surface area contributed by atoms with Gasteiger partial charge in [-0.15, -0.1) is 0 Å². The van der Waals surface area contributed by atoms with Crippen molar-refractivity contribution in [3.8, 4) is 0 Å². The number of pyridine rings is 1. The van der Waals surface area contributed by atoms with Gasteiger partial charge in [-0.05, 0) is 68.5 Å². The molecular weight excluding hydrogens is 232 g/mol. The van der Waals surface area contributed by atoms with Crippen LogP contribution in [0, 0.1) is 12.8 Å². The lowest BCUT2D eigenvalue weighted by atomic mass is 10.1. The predicted molar refractivity (Wildman–Crippen MR) is 80.5 cm³/mol. The van der Waals surface area contributed by atoms with Crippen molar-refractivity contribution >= 4 is 10.9 Å². The predicted octanol–water partition coefficient (Wildman–Crippen LogP) is 3.65. The molecule has 2 atom stereocenters. The molecule has 0 radical (unpaired) electrons. The fourth-order valence-electron chi connectivity index (χ4n) is 2.82. The zero-order valence-electron chi connectivity index (χ0n) is 11.8. The minimum Gasteiger partial charge on any atom is -0.316 e. The van der Waals surface area contributed by atoms with E-state index in [4.69, 9.17) is 0 Å². The summed E-state index contributed by atoms with van der Waals surface area (Å²) in [5.41, 5.74) is 3.69. The molecule has 1 aromatic heterocycles. The lowest BCUT2D eigenvalue weighted by Crippen LogP contribution is -2.17. The van der Waals surface area contributed by atoms with E-state index in [1.165, 1.54) is 30.3 Å². The van der Waals surface area contributed by atoms with Gasteiger partial charge in [-0.1, -0.05) is 19.1 Å². The summed E-state index contributed by atoms with van der Waals surface area (Å²) in [7, 11) is 0. The molecule has 0 spiro atoms. The van der Waals surface area contributed by atoms with Crippen molar-refractivity contribution in [2.45, 2.75) is 32.6 Å². The SMILES string of the molecule is CCCNCC1CC1c1ccc2nc(C)ccc2c1. The fourth-order valence-corrected chi connectivity index (χ4v) is 2.82. The molecule has 100 valence electrons. The van der Waals surface area contributed by atoms with Crippen LogP contribution in [0.15, 0.2) is 30.3 Å². The molecule has 3 rings (SSSR count). The number of aromatic nitrogens is 1. The molecule has 1 aliphatic carbocycles. The zero-order valence-corrected chi connectivity index (χ0v) is 11.8. The average molecular weight is 254 g/mol. The highest BCUT2D eigenvalue weighted by Gasteiger charge is 2.37. The van der Waals surface area contributed by atoms with Crippen molar-refractivity contribution in [2.75, 3.05) is 13.1 Å². The van der Waals surface area contributed by atoms with Gasteiger partial charge in [-0.25, -0.2) is 0 Å². The Bertz CT molecular complexity index is 576. The molecule has 19 heavy (non-hydrogen) atoms. The van der Waals surface area contributed by atoms with Crippen molar-refractivity contribution < 1.29 is 0 Å². The van der Waals surface area contributed by atoms with Gasteiger partial charge in [0.05, 0.1) is 5.52 Å². The lowest BCUT2D eigenvalue weighted by Gasteiger charge is -2.05. The molecule has 1 saturated carbocycles. The van der Waals surface area contributed by atoms with Crippen LogP contribution < -0.4 is 5.32 Å². The smallest absolute Gasteiger partial charge is 0.0705 e. The van der Waals surface area contributed by atoms with E-state index in [1.807, 2.05) is 6.92 Å². The van der Waals surface area contributed by atoms with Gasteiger partial charge in [0.25, 0.3) is 0 Å². The summed E-state index contributed by atoms with van der Waals surface area (Å²) in [6.07, 6.45) is 2.56. The van der Waals surface area contributed by atoms with Crippen molar-refractivity contribution in [1.29, 1.82) is 0 Å². The van der Waals surface area contributed by atoms with Crippen molar-refractivity contribution in [3.05, 3.63) is 41.6 Å². The van der Waals surface area contributed by atoms with Gasteiger partial charge in [0.2, 0.25) is 0 Å². The molecule has 2 nitrogen and oxygen atoms in total. The molecule has 0 saturated heterocycles. The van der Waals surface area contributed by atoms with E-state index >= 15 is 0 Å². The Hall–Kier alpha value is -1.41. The summed E-state index contributed by atoms with van der Waals surface area (Å²) >= 11 is 0. The standard InChI is InChI=1S/C17H22N2/c1-3-8-18-11-15-10-16(15)13-6-7-17-14(9-13)5-4-12(2)19-17/h4-7,9,15-16,18H,3,8,10-11H2,1-2H3. The molecule has 2 unspecified atom stereocenters. The van der Waals surface area contributed by atoms with Crippen LogP contribution in [0.2, 0.25) is 0 Å². The number of rotatable bonds is 5. The largest absolute Gasteiger partial charge is 0.316 e. The second kappa shape index (κ2) is 5.30. The molecule has 1 N–H and O–H groups in total. The van der Waals surface area contributed by atoms with Crippen LogP contribution in [-0.2, 0) is 0 Å². The van der Waals surface area contributed by atoms with E-state index in [2.05, 4.69) is 47.6 Å². The van der Waals surface area contributed by atoms with Gasteiger partial charge in [0.15, 0.2) is 0 Å². The van der Waals surface area contributed by atoms with Gasteiger partial charge >= 0.3 is 0 Å². The summed E-state index contributed by atoms with van der Waals surface area (Å²) in [6.45, 7) is 6.58. The quantitative estimate of drug-likeness (QED) is 0.824. The third-order valence-corrected chi connectivity index (χ3v) is 4.04. The maximum absolute atomic E-state index is 4.56. The number of nitrogens with one attached hydrogen (secondary N) is 1. The Morgan fingerprint density at radius 1 is 1.26 bits per heavy atom. The van der Waals surface area contributed by atoms with Gasteiger partial charge in [-0.2, -0.15) is 0 Å². The first-order chi connectivity index (χ1) is 9.28. The topological polar surface area (TPSA) is 24.9 Å². The number of hydrogen-bond acceptors (Lipinski definition) is 2. The Kier molecular flexibility index (Phi) is 3.52. The van der Waals surface area contributed by atoms with Crippen LogP contribution >= 0.6 is 0 Å². The third-order valence-electron chi connectivity index (χ3n) is 4.04. The Morgan fingerprint density at radius 2 is 2.16 bits per heavy atom. The number of fused-ring (bicyclic) bond motifs is 1.